The van der Waals surface area contributed by atoms with Gasteiger partial charge in [0.15, 0.2) is 0 Å². The van der Waals surface area contributed by atoms with Crippen molar-refractivity contribution in [1.29, 1.82) is 0 Å². The zero-order chi connectivity index (χ0) is 20.7. The Labute approximate surface area is 165 Å². The molecule has 6 heteroatoms. The van der Waals surface area contributed by atoms with Crippen molar-refractivity contribution in [2.75, 3.05) is 20.6 Å². The fourth-order valence-corrected chi connectivity index (χ4v) is 3.08. The molecule has 2 N–H and O–H groups in total. The van der Waals surface area contributed by atoms with Gasteiger partial charge in [0.2, 0.25) is 11.8 Å². The molecule has 2 atom stereocenters. The Morgan fingerprint density at radius 1 is 1.07 bits per heavy atom. The molecule has 0 aromatic heterocycles. The highest BCUT2D eigenvalue weighted by molar-refractivity contribution is 5.79. The second-order valence-corrected chi connectivity index (χ2v) is 7.21. The quantitative estimate of drug-likeness (QED) is 0.734. The summed E-state index contributed by atoms with van der Waals surface area (Å²) in [6.07, 6.45) is 0.131. The van der Waals surface area contributed by atoms with Crippen LogP contribution in [-0.2, 0) is 9.59 Å². The largest absolute Gasteiger partial charge is 0.354 e. The van der Waals surface area contributed by atoms with E-state index in [0.29, 0.717) is 6.54 Å². The van der Waals surface area contributed by atoms with Crippen LogP contribution in [0.4, 0.5) is 4.39 Å². The predicted octanol–water partition coefficient (Wildman–Crippen LogP) is 3.12. The molecular weight excluding hydrogens is 357 g/mol. The third-order valence-corrected chi connectivity index (χ3v) is 4.60. The summed E-state index contributed by atoms with van der Waals surface area (Å²) < 4.78 is 13.6. The van der Waals surface area contributed by atoms with E-state index in [1.807, 2.05) is 56.3 Å². The Hall–Kier alpha value is -2.73. The highest BCUT2D eigenvalue weighted by atomic mass is 19.1. The predicted molar refractivity (Wildman–Crippen MR) is 108 cm³/mol. The minimum absolute atomic E-state index is 0.131. The lowest BCUT2D eigenvalue weighted by atomic mass is 10.0. The van der Waals surface area contributed by atoms with Crippen molar-refractivity contribution in [2.24, 2.45) is 0 Å². The smallest absolute Gasteiger partial charge is 0.222 e. The number of carbonyl (C=O) groups is 2. The first kappa shape index (κ1) is 21.6. The van der Waals surface area contributed by atoms with Crippen molar-refractivity contribution in [3.63, 3.8) is 0 Å². The first-order chi connectivity index (χ1) is 13.3. The van der Waals surface area contributed by atoms with Gasteiger partial charge in [0.05, 0.1) is 18.5 Å². The topological polar surface area (TPSA) is 61.4 Å². The number of rotatable bonds is 8. The molecule has 0 radical (unpaired) electrons. The van der Waals surface area contributed by atoms with Crippen LogP contribution in [0.1, 0.15) is 42.1 Å². The van der Waals surface area contributed by atoms with Gasteiger partial charge >= 0.3 is 0 Å². The van der Waals surface area contributed by atoms with E-state index in [1.165, 1.54) is 19.1 Å². The molecule has 0 aliphatic carbocycles. The second kappa shape index (κ2) is 9.99. The molecule has 2 unspecified atom stereocenters. The van der Waals surface area contributed by atoms with Crippen LogP contribution < -0.4 is 10.6 Å². The van der Waals surface area contributed by atoms with Crippen molar-refractivity contribution >= 4 is 11.8 Å². The number of hydrogen-bond acceptors (Lipinski definition) is 3. The van der Waals surface area contributed by atoms with Gasteiger partial charge in [-0.15, -0.1) is 0 Å². The fourth-order valence-electron chi connectivity index (χ4n) is 3.08. The van der Waals surface area contributed by atoms with Crippen molar-refractivity contribution in [2.45, 2.75) is 32.4 Å². The van der Waals surface area contributed by atoms with E-state index in [4.69, 9.17) is 0 Å². The number of carbonyl (C=O) groups excluding carboxylic acids is 2. The number of nitrogens with one attached hydrogen (secondary N) is 2. The summed E-state index contributed by atoms with van der Waals surface area (Å²) >= 11 is 0. The number of benzene rings is 2. The van der Waals surface area contributed by atoms with Gasteiger partial charge in [-0.2, -0.15) is 0 Å². The molecule has 28 heavy (non-hydrogen) atoms. The average Bonchev–Trinajstić information content (AvgIpc) is 2.61. The highest BCUT2D eigenvalue weighted by Gasteiger charge is 2.20. The SMILES string of the molecule is CC(=O)NC(CC(=O)NCC(c1cccc(F)c1)N(C)C)c1ccc(C)cc1. The Morgan fingerprint density at radius 2 is 1.75 bits per heavy atom. The number of hydrogen-bond donors (Lipinski definition) is 2. The minimum atomic E-state index is -0.398. The standard InChI is InChI=1S/C22H28FN3O2/c1-15-8-10-17(11-9-15)20(25-16(2)27)13-22(28)24-14-21(26(3)4)18-6-5-7-19(23)12-18/h5-12,20-21H,13-14H2,1-4H3,(H,24,28)(H,25,27). The molecule has 0 aliphatic heterocycles. The van der Waals surface area contributed by atoms with Gasteiger partial charge in [-0.1, -0.05) is 42.0 Å². The molecule has 2 aromatic rings. The molecule has 0 saturated carbocycles. The molecule has 0 saturated heterocycles. The summed E-state index contributed by atoms with van der Waals surface area (Å²) in [5.74, 6) is -0.673. The molecule has 150 valence electrons. The maximum Gasteiger partial charge on any atom is 0.222 e. The molecule has 0 bridgehead atoms. The van der Waals surface area contributed by atoms with Gasteiger partial charge in [0, 0.05) is 13.5 Å². The van der Waals surface area contributed by atoms with Crippen molar-refractivity contribution in [1.82, 2.24) is 15.5 Å². The van der Waals surface area contributed by atoms with Gasteiger partial charge in [0.1, 0.15) is 5.82 Å². The van der Waals surface area contributed by atoms with E-state index >= 15 is 0 Å². The number of halogens is 1. The van der Waals surface area contributed by atoms with Crippen LogP contribution >= 0.6 is 0 Å². The summed E-state index contributed by atoms with van der Waals surface area (Å²) in [5.41, 5.74) is 2.78. The maximum atomic E-state index is 13.6. The van der Waals surface area contributed by atoms with E-state index in [2.05, 4.69) is 10.6 Å². The van der Waals surface area contributed by atoms with Crippen LogP contribution in [-0.4, -0.2) is 37.4 Å². The van der Waals surface area contributed by atoms with Crippen LogP contribution in [0.2, 0.25) is 0 Å². The lowest BCUT2D eigenvalue weighted by molar-refractivity contribution is -0.123. The average molecular weight is 385 g/mol. The Kier molecular flexibility index (Phi) is 7.70. The van der Waals surface area contributed by atoms with Crippen LogP contribution in [0.3, 0.4) is 0 Å². The maximum absolute atomic E-state index is 13.6. The summed E-state index contributed by atoms with van der Waals surface area (Å²) in [4.78, 5) is 26.0. The van der Waals surface area contributed by atoms with Gasteiger partial charge in [0.25, 0.3) is 0 Å². The normalized spacial score (nSPS) is 13.1. The van der Waals surface area contributed by atoms with Crippen LogP contribution in [0.25, 0.3) is 0 Å². The molecule has 5 nitrogen and oxygen atoms in total. The number of aryl methyl sites for hydroxylation is 1. The first-order valence-corrected chi connectivity index (χ1v) is 9.28. The molecule has 0 spiro atoms. The van der Waals surface area contributed by atoms with Crippen molar-refractivity contribution in [3.8, 4) is 0 Å². The molecule has 2 rings (SSSR count). The third kappa shape index (κ3) is 6.46. The highest BCUT2D eigenvalue weighted by Crippen LogP contribution is 2.20. The second-order valence-electron chi connectivity index (χ2n) is 7.21. The van der Waals surface area contributed by atoms with Gasteiger partial charge in [-0.3, -0.25) is 9.59 Å². The number of amides is 2. The molecular formula is C22H28FN3O2. The molecule has 0 fully saturated rings. The van der Waals surface area contributed by atoms with Gasteiger partial charge < -0.3 is 15.5 Å². The van der Waals surface area contributed by atoms with E-state index in [-0.39, 0.29) is 30.1 Å². The summed E-state index contributed by atoms with van der Waals surface area (Å²) in [6, 6.07) is 13.6. The lowest BCUT2D eigenvalue weighted by Gasteiger charge is -2.26. The Balaban J connectivity index is 2.04. The van der Waals surface area contributed by atoms with E-state index < -0.39 is 6.04 Å². The van der Waals surface area contributed by atoms with Crippen molar-refractivity contribution in [3.05, 3.63) is 71.0 Å². The zero-order valence-electron chi connectivity index (χ0n) is 16.8. The van der Waals surface area contributed by atoms with Crippen LogP contribution in [0.15, 0.2) is 48.5 Å². The summed E-state index contributed by atoms with van der Waals surface area (Å²) in [6.45, 7) is 3.76. The number of likely N-dealkylation sites (N-methyl/N-ethyl adjacent to an activating group) is 1. The van der Waals surface area contributed by atoms with E-state index in [0.717, 1.165) is 16.7 Å². The molecule has 2 aromatic carbocycles. The molecule has 0 aliphatic rings. The fraction of sp³-hybridized carbons (Fsp3) is 0.364. The summed E-state index contributed by atoms with van der Waals surface area (Å²) in [5, 5.41) is 5.75. The molecule has 0 heterocycles. The van der Waals surface area contributed by atoms with Gasteiger partial charge in [-0.05, 0) is 44.3 Å². The van der Waals surface area contributed by atoms with Crippen LogP contribution in [0.5, 0.6) is 0 Å². The monoisotopic (exact) mass is 385 g/mol. The minimum Gasteiger partial charge on any atom is -0.354 e. The van der Waals surface area contributed by atoms with E-state index in [1.54, 1.807) is 6.07 Å². The third-order valence-electron chi connectivity index (χ3n) is 4.60. The van der Waals surface area contributed by atoms with Crippen molar-refractivity contribution < 1.29 is 14.0 Å². The first-order valence-electron chi connectivity index (χ1n) is 9.28. The Morgan fingerprint density at radius 3 is 2.32 bits per heavy atom. The van der Waals surface area contributed by atoms with E-state index in [9.17, 15) is 14.0 Å². The van der Waals surface area contributed by atoms with Crippen LogP contribution in [0, 0.1) is 12.7 Å². The lowest BCUT2D eigenvalue weighted by Crippen LogP contribution is -2.37. The molecule has 2 amide bonds. The Bertz CT molecular complexity index is 806. The summed E-state index contributed by atoms with van der Waals surface area (Å²) in [7, 11) is 3.77. The van der Waals surface area contributed by atoms with Gasteiger partial charge in [-0.25, -0.2) is 4.39 Å². The number of nitrogens with zero attached hydrogens (tertiary/aromatic N) is 1. The zero-order valence-corrected chi connectivity index (χ0v) is 16.8.